The highest BCUT2D eigenvalue weighted by molar-refractivity contribution is 7.89. The Labute approximate surface area is 192 Å². The molecule has 0 spiro atoms. The zero-order valence-electron chi connectivity index (χ0n) is 18.0. The van der Waals surface area contributed by atoms with E-state index in [0.29, 0.717) is 44.2 Å². The quantitative estimate of drug-likeness (QED) is 0.543. The van der Waals surface area contributed by atoms with Gasteiger partial charge in [-0.3, -0.25) is 4.79 Å². The van der Waals surface area contributed by atoms with Crippen molar-refractivity contribution in [2.24, 2.45) is 0 Å². The average Bonchev–Trinajstić information content (AvgIpc) is 3.32. The van der Waals surface area contributed by atoms with E-state index in [1.807, 2.05) is 0 Å². The van der Waals surface area contributed by atoms with Gasteiger partial charge < -0.3 is 14.5 Å². The second-order valence-corrected chi connectivity index (χ2v) is 9.65. The van der Waals surface area contributed by atoms with Gasteiger partial charge in [0.05, 0.1) is 24.7 Å². The third-order valence-electron chi connectivity index (χ3n) is 5.42. The van der Waals surface area contributed by atoms with Gasteiger partial charge in [-0.25, -0.2) is 12.8 Å². The number of furan rings is 1. The predicted octanol–water partition coefficient (Wildman–Crippen LogP) is 3.36. The van der Waals surface area contributed by atoms with Crippen LogP contribution >= 0.6 is 0 Å². The summed E-state index contributed by atoms with van der Waals surface area (Å²) in [4.78, 5) is 12.5. The maximum Gasteiger partial charge on any atom is 0.243 e. The van der Waals surface area contributed by atoms with Gasteiger partial charge in [0.2, 0.25) is 15.9 Å². The van der Waals surface area contributed by atoms with Crippen molar-refractivity contribution in [2.75, 3.05) is 26.3 Å². The highest BCUT2D eigenvalue weighted by Crippen LogP contribution is 2.22. The van der Waals surface area contributed by atoms with Crippen LogP contribution in [0.2, 0.25) is 0 Å². The summed E-state index contributed by atoms with van der Waals surface area (Å²) in [6, 6.07) is 16.2. The minimum atomic E-state index is -3.52. The predicted molar refractivity (Wildman–Crippen MR) is 120 cm³/mol. The molecule has 0 aliphatic carbocycles. The van der Waals surface area contributed by atoms with Gasteiger partial charge in [0, 0.05) is 25.1 Å². The van der Waals surface area contributed by atoms with Crippen molar-refractivity contribution >= 4 is 15.9 Å². The molecule has 0 unspecified atom stereocenters. The molecule has 1 N–H and O–H groups in total. The third kappa shape index (κ3) is 5.87. The summed E-state index contributed by atoms with van der Waals surface area (Å²) in [5, 5.41) is 2.81. The molecule has 2 heterocycles. The van der Waals surface area contributed by atoms with Crippen LogP contribution in [-0.2, 0) is 32.5 Å². The number of rotatable bonds is 8. The van der Waals surface area contributed by atoms with E-state index in [0.717, 1.165) is 11.1 Å². The lowest BCUT2D eigenvalue weighted by atomic mass is 10.1. The van der Waals surface area contributed by atoms with Crippen molar-refractivity contribution in [3.05, 3.63) is 77.8 Å². The molecule has 1 amide bonds. The Morgan fingerprint density at radius 3 is 2.36 bits per heavy atom. The van der Waals surface area contributed by atoms with Crippen molar-refractivity contribution in [3.63, 3.8) is 0 Å². The maximum absolute atomic E-state index is 13.1. The molecule has 7 nitrogen and oxygen atoms in total. The second kappa shape index (κ2) is 10.3. The third-order valence-corrected chi connectivity index (χ3v) is 7.33. The summed E-state index contributed by atoms with van der Waals surface area (Å²) in [7, 11) is -3.52. The number of halogens is 1. The number of aryl methyl sites for hydroxylation is 1. The molecule has 1 aliphatic rings. The molecule has 9 heteroatoms. The summed E-state index contributed by atoms with van der Waals surface area (Å²) in [6.07, 6.45) is 0.754. The van der Waals surface area contributed by atoms with Crippen molar-refractivity contribution in [3.8, 4) is 11.3 Å². The second-order valence-electron chi connectivity index (χ2n) is 7.71. The van der Waals surface area contributed by atoms with E-state index >= 15 is 0 Å². The lowest BCUT2D eigenvalue weighted by molar-refractivity contribution is -0.121. The molecule has 0 bridgehead atoms. The first-order valence-electron chi connectivity index (χ1n) is 10.7. The van der Waals surface area contributed by atoms with Crippen LogP contribution in [0.1, 0.15) is 17.7 Å². The summed E-state index contributed by atoms with van der Waals surface area (Å²) in [5.41, 5.74) is 1.63. The van der Waals surface area contributed by atoms with Crippen LogP contribution in [0, 0.1) is 5.82 Å². The van der Waals surface area contributed by atoms with Crippen LogP contribution in [0.25, 0.3) is 11.3 Å². The molecule has 174 valence electrons. The van der Waals surface area contributed by atoms with Crippen molar-refractivity contribution in [2.45, 2.75) is 24.3 Å². The van der Waals surface area contributed by atoms with Gasteiger partial charge >= 0.3 is 0 Å². The fraction of sp³-hybridized carbons (Fsp3) is 0.292. The number of nitrogens with zero attached hydrogens (tertiary/aromatic N) is 1. The molecule has 0 saturated carbocycles. The number of morpholine rings is 1. The van der Waals surface area contributed by atoms with E-state index in [2.05, 4.69) is 5.32 Å². The normalized spacial score (nSPS) is 14.8. The molecule has 3 aromatic rings. The van der Waals surface area contributed by atoms with E-state index in [9.17, 15) is 17.6 Å². The summed E-state index contributed by atoms with van der Waals surface area (Å²) in [5.74, 6) is 0.748. The minimum absolute atomic E-state index is 0.139. The number of nitrogens with one attached hydrogen (secondary N) is 1. The number of ether oxygens (including phenoxy) is 1. The van der Waals surface area contributed by atoms with Crippen LogP contribution in [0.3, 0.4) is 0 Å². The lowest BCUT2D eigenvalue weighted by Gasteiger charge is -2.26. The Balaban J connectivity index is 1.26. The molecular weight excluding hydrogens is 447 g/mol. The lowest BCUT2D eigenvalue weighted by Crippen LogP contribution is -2.40. The first kappa shape index (κ1) is 23.2. The van der Waals surface area contributed by atoms with Gasteiger partial charge in [0.15, 0.2) is 0 Å². The Morgan fingerprint density at radius 1 is 0.970 bits per heavy atom. The molecule has 0 atom stereocenters. The van der Waals surface area contributed by atoms with Crippen LogP contribution < -0.4 is 5.32 Å². The van der Waals surface area contributed by atoms with Gasteiger partial charge in [-0.2, -0.15) is 4.31 Å². The molecule has 4 rings (SSSR count). The van der Waals surface area contributed by atoms with E-state index in [1.54, 1.807) is 48.5 Å². The smallest absolute Gasteiger partial charge is 0.243 e. The van der Waals surface area contributed by atoms with Crippen LogP contribution in [0.15, 0.2) is 70.0 Å². The Hall–Kier alpha value is -3.01. The topological polar surface area (TPSA) is 88.9 Å². The van der Waals surface area contributed by atoms with E-state index in [1.165, 1.54) is 16.4 Å². The Kier molecular flexibility index (Phi) is 7.22. The van der Waals surface area contributed by atoms with Gasteiger partial charge in [0.1, 0.15) is 17.3 Å². The van der Waals surface area contributed by atoms with Crippen LogP contribution in [0.4, 0.5) is 4.39 Å². The minimum Gasteiger partial charge on any atom is -0.459 e. The molecule has 1 aliphatic heterocycles. The monoisotopic (exact) mass is 472 g/mol. The molecule has 1 aromatic heterocycles. The zero-order chi connectivity index (χ0) is 23.3. The molecular formula is C24H25FN2O5S. The summed E-state index contributed by atoms with van der Waals surface area (Å²) in [6.45, 7) is 1.75. The fourth-order valence-corrected chi connectivity index (χ4v) is 4.95. The number of carbonyl (C=O) groups excluding carboxylic acids is 1. The van der Waals surface area contributed by atoms with Crippen molar-refractivity contribution in [1.29, 1.82) is 0 Å². The number of benzene rings is 2. The molecule has 0 radical (unpaired) electrons. The number of hydrogen-bond donors (Lipinski definition) is 1. The highest BCUT2D eigenvalue weighted by atomic mass is 32.2. The molecule has 1 fully saturated rings. The zero-order valence-corrected chi connectivity index (χ0v) is 18.8. The standard InChI is InChI=1S/C24H25FN2O5S/c25-20-6-4-19(5-7-20)23-11-8-21(32-23)17-26-24(28)12-3-18-1-9-22(10-2-18)33(29,30)27-13-15-31-16-14-27/h1-2,4-11H,3,12-17H2,(H,26,28). The number of sulfonamides is 1. The van der Waals surface area contributed by atoms with Gasteiger partial charge in [-0.05, 0) is 60.5 Å². The van der Waals surface area contributed by atoms with E-state index in [-0.39, 0.29) is 29.6 Å². The number of amides is 1. The van der Waals surface area contributed by atoms with E-state index in [4.69, 9.17) is 9.15 Å². The molecule has 33 heavy (non-hydrogen) atoms. The van der Waals surface area contributed by atoms with Gasteiger partial charge in [-0.1, -0.05) is 12.1 Å². The molecule has 1 saturated heterocycles. The summed E-state index contributed by atoms with van der Waals surface area (Å²) >= 11 is 0. The van der Waals surface area contributed by atoms with Gasteiger partial charge in [0.25, 0.3) is 0 Å². The van der Waals surface area contributed by atoms with Gasteiger partial charge in [-0.15, -0.1) is 0 Å². The average molecular weight is 473 g/mol. The first-order chi connectivity index (χ1) is 15.9. The number of hydrogen-bond acceptors (Lipinski definition) is 5. The Bertz CT molecular complexity index is 1180. The number of carbonyl (C=O) groups is 1. The highest BCUT2D eigenvalue weighted by Gasteiger charge is 2.26. The van der Waals surface area contributed by atoms with Crippen molar-refractivity contribution < 1.29 is 26.8 Å². The SMILES string of the molecule is O=C(CCc1ccc(S(=O)(=O)N2CCOCC2)cc1)NCc1ccc(-c2ccc(F)cc2)o1. The fourth-order valence-electron chi connectivity index (χ4n) is 3.54. The van der Waals surface area contributed by atoms with Crippen LogP contribution in [-0.4, -0.2) is 44.9 Å². The molecule has 2 aromatic carbocycles. The Morgan fingerprint density at radius 2 is 1.67 bits per heavy atom. The largest absolute Gasteiger partial charge is 0.459 e. The first-order valence-corrected chi connectivity index (χ1v) is 12.1. The summed E-state index contributed by atoms with van der Waals surface area (Å²) < 4.78 is 50.7. The van der Waals surface area contributed by atoms with E-state index < -0.39 is 10.0 Å². The van der Waals surface area contributed by atoms with Crippen molar-refractivity contribution in [1.82, 2.24) is 9.62 Å². The van der Waals surface area contributed by atoms with Crippen LogP contribution in [0.5, 0.6) is 0 Å². The maximum atomic E-state index is 13.1.